The van der Waals surface area contributed by atoms with E-state index >= 15 is 0 Å². The first kappa shape index (κ1) is 20.4. The topological polar surface area (TPSA) is 97.1 Å². The molecule has 2 heterocycles. The van der Waals surface area contributed by atoms with Gasteiger partial charge < -0.3 is 15.0 Å². The standard InChI is InChI=1S/C22H24N4O3S2/c1-31(28,29)15-7-9-16-19(11-15)26(13-23-16)12-14-6-8-18-21(10-14)30-22(25-18)24-17-4-2-3-5-20(17)27/h6-11,13,17,20,27H,2-5,12H2,1H3,(H,24,25). The van der Waals surface area contributed by atoms with E-state index in [2.05, 4.69) is 21.4 Å². The largest absolute Gasteiger partial charge is 0.391 e. The van der Waals surface area contributed by atoms with Gasteiger partial charge in [-0.1, -0.05) is 30.2 Å². The minimum atomic E-state index is -3.28. The molecule has 4 aromatic rings. The van der Waals surface area contributed by atoms with Gasteiger partial charge in [-0.05, 0) is 48.7 Å². The fourth-order valence-electron chi connectivity index (χ4n) is 4.16. The molecule has 1 fully saturated rings. The predicted octanol–water partition coefficient (Wildman–Crippen LogP) is 3.81. The number of sulfone groups is 1. The van der Waals surface area contributed by atoms with Crippen LogP contribution in [-0.2, 0) is 16.4 Å². The molecule has 2 N–H and O–H groups in total. The number of nitrogens with zero attached hydrogens (tertiary/aromatic N) is 3. The number of aliphatic hydroxyl groups excluding tert-OH is 1. The van der Waals surface area contributed by atoms with Crippen molar-refractivity contribution in [2.75, 3.05) is 11.6 Å². The van der Waals surface area contributed by atoms with Crippen molar-refractivity contribution < 1.29 is 13.5 Å². The van der Waals surface area contributed by atoms with Crippen LogP contribution in [0, 0.1) is 0 Å². The van der Waals surface area contributed by atoms with E-state index < -0.39 is 9.84 Å². The van der Waals surface area contributed by atoms with E-state index in [0.717, 1.165) is 57.6 Å². The minimum absolute atomic E-state index is 0.0649. The highest BCUT2D eigenvalue weighted by molar-refractivity contribution is 7.90. The summed E-state index contributed by atoms with van der Waals surface area (Å²) in [6, 6.07) is 11.2. The maximum absolute atomic E-state index is 11.9. The molecule has 1 saturated carbocycles. The van der Waals surface area contributed by atoms with Crippen LogP contribution in [0.4, 0.5) is 5.13 Å². The highest BCUT2D eigenvalue weighted by Crippen LogP contribution is 2.30. The molecule has 0 spiro atoms. The summed E-state index contributed by atoms with van der Waals surface area (Å²) in [6.45, 7) is 0.585. The molecule has 7 nitrogen and oxygen atoms in total. The Morgan fingerprint density at radius 2 is 1.97 bits per heavy atom. The summed E-state index contributed by atoms with van der Waals surface area (Å²) in [5.41, 5.74) is 3.57. The summed E-state index contributed by atoms with van der Waals surface area (Å²) < 4.78 is 26.9. The van der Waals surface area contributed by atoms with Gasteiger partial charge in [0.1, 0.15) is 0 Å². The number of nitrogens with one attached hydrogen (secondary N) is 1. The van der Waals surface area contributed by atoms with Crippen molar-refractivity contribution in [3.63, 3.8) is 0 Å². The molecule has 5 rings (SSSR count). The van der Waals surface area contributed by atoms with E-state index in [4.69, 9.17) is 0 Å². The van der Waals surface area contributed by atoms with E-state index in [0.29, 0.717) is 11.4 Å². The second kappa shape index (κ2) is 7.89. The highest BCUT2D eigenvalue weighted by Gasteiger charge is 2.23. The van der Waals surface area contributed by atoms with Gasteiger partial charge in [0.2, 0.25) is 0 Å². The van der Waals surface area contributed by atoms with Crippen molar-refractivity contribution in [3.05, 3.63) is 48.3 Å². The lowest BCUT2D eigenvalue weighted by atomic mass is 9.93. The van der Waals surface area contributed by atoms with Crippen LogP contribution in [0.2, 0.25) is 0 Å². The molecule has 0 bridgehead atoms. The molecule has 2 atom stereocenters. The van der Waals surface area contributed by atoms with E-state index in [9.17, 15) is 13.5 Å². The van der Waals surface area contributed by atoms with Gasteiger partial charge in [0.15, 0.2) is 15.0 Å². The molecule has 162 valence electrons. The maximum atomic E-state index is 11.9. The molecule has 1 aliphatic rings. The molecule has 2 aromatic heterocycles. The highest BCUT2D eigenvalue weighted by atomic mass is 32.2. The minimum Gasteiger partial charge on any atom is -0.391 e. The summed E-state index contributed by atoms with van der Waals surface area (Å²) >= 11 is 1.59. The third-order valence-electron chi connectivity index (χ3n) is 5.86. The van der Waals surface area contributed by atoms with Crippen LogP contribution >= 0.6 is 11.3 Å². The second-order valence-electron chi connectivity index (χ2n) is 8.22. The lowest BCUT2D eigenvalue weighted by molar-refractivity contribution is 0.116. The first-order valence-electron chi connectivity index (χ1n) is 10.4. The average molecular weight is 457 g/mol. The zero-order valence-corrected chi connectivity index (χ0v) is 18.8. The molecule has 0 aliphatic heterocycles. The number of hydrogen-bond donors (Lipinski definition) is 2. The summed E-state index contributed by atoms with van der Waals surface area (Å²) in [7, 11) is -3.28. The van der Waals surface area contributed by atoms with Gasteiger partial charge in [-0.2, -0.15) is 0 Å². The normalized spacial score (nSPS) is 19.8. The van der Waals surface area contributed by atoms with Crippen LogP contribution in [0.15, 0.2) is 47.6 Å². The Morgan fingerprint density at radius 3 is 2.77 bits per heavy atom. The predicted molar refractivity (Wildman–Crippen MR) is 123 cm³/mol. The number of hydrogen-bond acceptors (Lipinski definition) is 7. The van der Waals surface area contributed by atoms with Crippen molar-refractivity contribution in [3.8, 4) is 0 Å². The number of benzene rings is 2. The van der Waals surface area contributed by atoms with Crippen molar-refractivity contribution in [2.45, 2.75) is 49.3 Å². The number of anilines is 1. The van der Waals surface area contributed by atoms with Crippen LogP contribution < -0.4 is 5.32 Å². The second-order valence-corrected chi connectivity index (χ2v) is 11.3. The van der Waals surface area contributed by atoms with Gasteiger partial charge in [-0.25, -0.2) is 18.4 Å². The number of rotatable bonds is 5. The zero-order chi connectivity index (χ0) is 21.6. The number of aliphatic hydroxyl groups is 1. The quantitative estimate of drug-likeness (QED) is 0.474. The van der Waals surface area contributed by atoms with Crippen molar-refractivity contribution in [2.24, 2.45) is 0 Å². The van der Waals surface area contributed by atoms with Crippen LogP contribution in [0.1, 0.15) is 31.2 Å². The van der Waals surface area contributed by atoms with Crippen molar-refractivity contribution in [1.29, 1.82) is 0 Å². The van der Waals surface area contributed by atoms with Gasteiger partial charge in [0.05, 0.1) is 44.6 Å². The van der Waals surface area contributed by atoms with Crippen LogP contribution in [0.5, 0.6) is 0 Å². The van der Waals surface area contributed by atoms with Crippen LogP contribution in [0.25, 0.3) is 21.3 Å². The molecule has 0 amide bonds. The monoisotopic (exact) mass is 456 g/mol. The fourth-order valence-corrected chi connectivity index (χ4v) is 5.79. The Kier molecular flexibility index (Phi) is 5.19. The molecule has 0 saturated heterocycles. The van der Waals surface area contributed by atoms with Gasteiger partial charge in [-0.3, -0.25) is 0 Å². The Hall–Kier alpha value is -2.49. The SMILES string of the molecule is CS(=O)(=O)c1ccc2ncn(Cc3ccc4nc(NC5CCCCC5O)sc4c3)c2c1. The molecule has 31 heavy (non-hydrogen) atoms. The number of aromatic nitrogens is 3. The van der Waals surface area contributed by atoms with Gasteiger partial charge in [-0.15, -0.1) is 0 Å². The fraction of sp³-hybridized carbons (Fsp3) is 0.364. The molecular formula is C22H24N4O3S2. The van der Waals surface area contributed by atoms with Gasteiger partial charge in [0.25, 0.3) is 0 Å². The van der Waals surface area contributed by atoms with E-state index in [1.54, 1.807) is 35.9 Å². The van der Waals surface area contributed by atoms with E-state index in [1.807, 2.05) is 16.7 Å². The first-order chi connectivity index (χ1) is 14.9. The molecule has 2 unspecified atom stereocenters. The molecule has 9 heteroatoms. The molecule has 2 aromatic carbocycles. The van der Waals surface area contributed by atoms with Crippen molar-refractivity contribution >= 4 is 47.6 Å². The Labute approximate surface area is 184 Å². The summed E-state index contributed by atoms with van der Waals surface area (Å²) in [4.78, 5) is 9.37. The average Bonchev–Trinajstić information content (AvgIpc) is 3.32. The third-order valence-corrected chi connectivity index (χ3v) is 7.92. The Bertz CT molecular complexity index is 1360. The maximum Gasteiger partial charge on any atom is 0.184 e. The smallest absolute Gasteiger partial charge is 0.184 e. The molecule has 1 aliphatic carbocycles. The molecular weight excluding hydrogens is 432 g/mol. The third kappa shape index (κ3) is 4.17. The summed E-state index contributed by atoms with van der Waals surface area (Å²) in [5.74, 6) is 0. The number of imidazole rings is 1. The first-order valence-corrected chi connectivity index (χ1v) is 13.1. The summed E-state index contributed by atoms with van der Waals surface area (Å²) in [5, 5.41) is 14.5. The van der Waals surface area contributed by atoms with Crippen LogP contribution in [-0.4, -0.2) is 46.5 Å². The Balaban J connectivity index is 1.41. The summed E-state index contributed by atoms with van der Waals surface area (Å²) in [6.07, 6.45) is 6.65. The van der Waals surface area contributed by atoms with E-state index in [-0.39, 0.29) is 12.1 Å². The van der Waals surface area contributed by atoms with E-state index in [1.165, 1.54) is 6.26 Å². The lowest BCUT2D eigenvalue weighted by Crippen LogP contribution is -2.36. The molecule has 0 radical (unpaired) electrons. The van der Waals surface area contributed by atoms with Gasteiger partial charge >= 0.3 is 0 Å². The van der Waals surface area contributed by atoms with Crippen molar-refractivity contribution in [1.82, 2.24) is 14.5 Å². The lowest BCUT2D eigenvalue weighted by Gasteiger charge is -2.27. The zero-order valence-electron chi connectivity index (χ0n) is 17.2. The van der Waals surface area contributed by atoms with Gasteiger partial charge in [0, 0.05) is 12.8 Å². The number of fused-ring (bicyclic) bond motifs is 2. The number of thiazole rings is 1. The van der Waals surface area contributed by atoms with Crippen LogP contribution in [0.3, 0.4) is 0 Å². The Morgan fingerprint density at radius 1 is 1.16 bits per heavy atom.